The van der Waals surface area contributed by atoms with Crippen LogP contribution in [0.4, 0.5) is 0 Å². The van der Waals surface area contributed by atoms with Crippen LogP contribution in [0.2, 0.25) is 0 Å². The topological polar surface area (TPSA) is 41.9 Å². The van der Waals surface area contributed by atoms with Crippen LogP contribution in [0.25, 0.3) is 10.8 Å². The third-order valence-electron chi connectivity index (χ3n) is 4.90. The summed E-state index contributed by atoms with van der Waals surface area (Å²) in [4.78, 5) is 2.33. The first-order chi connectivity index (χ1) is 12.2. The Hall–Kier alpha value is -1.62. The maximum Gasteiger partial charge on any atom is 0.120 e. The van der Waals surface area contributed by atoms with Gasteiger partial charge in [-0.15, -0.1) is 0 Å². The van der Waals surface area contributed by atoms with Gasteiger partial charge in [-0.25, -0.2) is 0 Å². The molecule has 1 atom stereocenters. The molecule has 136 valence electrons. The Balaban J connectivity index is 1.41. The lowest BCUT2D eigenvalue weighted by atomic mass is 9.97. The van der Waals surface area contributed by atoms with E-state index in [4.69, 9.17) is 9.47 Å². The summed E-state index contributed by atoms with van der Waals surface area (Å²) >= 11 is 0. The second-order valence-electron chi connectivity index (χ2n) is 6.88. The fourth-order valence-corrected chi connectivity index (χ4v) is 3.42. The van der Waals surface area contributed by atoms with E-state index in [1.807, 2.05) is 31.2 Å². The molecule has 0 saturated carbocycles. The normalized spacial score (nSPS) is 17.7. The standard InChI is InChI=1S/C21H29NO3/c1-2-24-15-17-9-11-22(12-10-17)14-20(23)16-25-21-8-7-18-5-3-4-6-19(18)13-21/h3-8,13,17,20,23H,2,9-12,14-16H2,1H3. The average molecular weight is 343 g/mol. The lowest BCUT2D eigenvalue weighted by Gasteiger charge is -2.32. The van der Waals surface area contributed by atoms with Gasteiger partial charge in [0, 0.05) is 19.8 Å². The molecule has 4 nitrogen and oxygen atoms in total. The largest absolute Gasteiger partial charge is 0.491 e. The number of aliphatic hydroxyl groups is 1. The molecule has 1 aliphatic rings. The smallest absolute Gasteiger partial charge is 0.120 e. The molecule has 0 aliphatic carbocycles. The summed E-state index contributed by atoms with van der Waals surface area (Å²) in [6.45, 7) is 6.78. The number of hydrogen-bond acceptors (Lipinski definition) is 4. The van der Waals surface area contributed by atoms with Crippen molar-refractivity contribution in [3.63, 3.8) is 0 Å². The van der Waals surface area contributed by atoms with Crippen LogP contribution in [-0.4, -0.2) is 55.6 Å². The van der Waals surface area contributed by atoms with Gasteiger partial charge in [0.15, 0.2) is 0 Å². The summed E-state index contributed by atoms with van der Waals surface area (Å²) in [5, 5.41) is 12.6. The molecule has 0 bridgehead atoms. The molecule has 2 aromatic rings. The first-order valence-corrected chi connectivity index (χ1v) is 9.34. The van der Waals surface area contributed by atoms with Crippen molar-refractivity contribution in [2.45, 2.75) is 25.9 Å². The highest BCUT2D eigenvalue weighted by molar-refractivity contribution is 5.83. The molecule has 1 aliphatic heterocycles. The highest BCUT2D eigenvalue weighted by Gasteiger charge is 2.21. The molecule has 4 heteroatoms. The number of likely N-dealkylation sites (tertiary alicyclic amines) is 1. The molecule has 0 spiro atoms. The molecule has 3 rings (SSSR count). The van der Waals surface area contributed by atoms with Crippen LogP contribution in [0.15, 0.2) is 42.5 Å². The minimum absolute atomic E-state index is 0.331. The number of fused-ring (bicyclic) bond motifs is 1. The summed E-state index contributed by atoms with van der Waals surface area (Å²) in [6.07, 6.45) is 1.84. The van der Waals surface area contributed by atoms with Crippen LogP contribution in [0.5, 0.6) is 5.75 Å². The molecule has 25 heavy (non-hydrogen) atoms. The van der Waals surface area contributed by atoms with Crippen molar-refractivity contribution in [1.29, 1.82) is 0 Å². The molecule has 1 fully saturated rings. The van der Waals surface area contributed by atoms with Crippen LogP contribution in [0.3, 0.4) is 0 Å². The van der Waals surface area contributed by atoms with E-state index in [0.29, 0.717) is 19.1 Å². The number of hydrogen-bond donors (Lipinski definition) is 1. The lowest BCUT2D eigenvalue weighted by molar-refractivity contribution is 0.0379. The summed E-state index contributed by atoms with van der Waals surface area (Å²) in [6, 6.07) is 14.3. The fourth-order valence-electron chi connectivity index (χ4n) is 3.42. The monoisotopic (exact) mass is 343 g/mol. The first kappa shape index (κ1) is 18.2. The van der Waals surface area contributed by atoms with Crippen molar-refractivity contribution < 1.29 is 14.6 Å². The Kier molecular flexibility index (Phi) is 6.68. The Bertz CT molecular complexity index is 652. The molecule has 2 aromatic carbocycles. The zero-order valence-corrected chi connectivity index (χ0v) is 15.1. The van der Waals surface area contributed by atoms with Crippen LogP contribution < -0.4 is 4.74 Å². The van der Waals surface area contributed by atoms with Gasteiger partial charge in [-0.05, 0) is 61.7 Å². The van der Waals surface area contributed by atoms with Crippen molar-refractivity contribution >= 4 is 10.8 Å². The molecule has 0 radical (unpaired) electrons. The second-order valence-corrected chi connectivity index (χ2v) is 6.88. The number of rotatable bonds is 8. The van der Waals surface area contributed by atoms with Crippen LogP contribution in [0.1, 0.15) is 19.8 Å². The van der Waals surface area contributed by atoms with Crippen molar-refractivity contribution in [3.05, 3.63) is 42.5 Å². The molecular weight excluding hydrogens is 314 g/mol. The van der Waals surface area contributed by atoms with E-state index in [1.54, 1.807) is 0 Å². The summed E-state index contributed by atoms with van der Waals surface area (Å²) in [5.41, 5.74) is 0. The third kappa shape index (κ3) is 5.43. The Morgan fingerprint density at radius 1 is 1.12 bits per heavy atom. The molecule has 0 amide bonds. The zero-order chi connectivity index (χ0) is 17.5. The van der Waals surface area contributed by atoms with E-state index >= 15 is 0 Å². The van der Waals surface area contributed by atoms with E-state index in [1.165, 1.54) is 5.39 Å². The van der Waals surface area contributed by atoms with Crippen LogP contribution >= 0.6 is 0 Å². The van der Waals surface area contributed by atoms with E-state index in [9.17, 15) is 5.11 Å². The second kappa shape index (κ2) is 9.18. The predicted octanol–water partition coefficient (Wildman–Crippen LogP) is 3.33. The molecule has 1 heterocycles. The van der Waals surface area contributed by atoms with Crippen LogP contribution in [0, 0.1) is 5.92 Å². The van der Waals surface area contributed by atoms with E-state index in [-0.39, 0.29) is 0 Å². The van der Waals surface area contributed by atoms with E-state index in [0.717, 1.165) is 50.3 Å². The van der Waals surface area contributed by atoms with Gasteiger partial charge in [-0.1, -0.05) is 30.3 Å². The van der Waals surface area contributed by atoms with Gasteiger partial charge in [0.1, 0.15) is 18.5 Å². The highest BCUT2D eigenvalue weighted by atomic mass is 16.5. The van der Waals surface area contributed by atoms with Gasteiger partial charge in [-0.2, -0.15) is 0 Å². The quantitative estimate of drug-likeness (QED) is 0.798. The van der Waals surface area contributed by atoms with Gasteiger partial charge in [-0.3, -0.25) is 0 Å². The Labute approximate surface area is 150 Å². The SMILES string of the molecule is CCOCC1CCN(CC(O)COc2ccc3ccccc3c2)CC1. The minimum Gasteiger partial charge on any atom is -0.491 e. The van der Waals surface area contributed by atoms with Gasteiger partial charge < -0.3 is 19.5 Å². The number of nitrogens with zero attached hydrogens (tertiary/aromatic N) is 1. The summed E-state index contributed by atoms with van der Waals surface area (Å²) < 4.78 is 11.3. The fraction of sp³-hybridized carbons (Fsp3) is 0.524. The number of ether oxygens (including phenoxy) is 2. The van der Waals surface area contributed by atoms with Crippen molar-refractivity contribution in [1.82, 2.24) is 4.90 Å². The number of benzene rings is 2. The van der Waals surface area contributed by atoms with Crippen molar-refractivity contribution in [3.8, 4) is 5.75 Å². The van der Waals surface area contributed by atoms with Gasteiger partial charge in [0.25, 0.3) is 0 Å². The number of piperidine rings is 1. The molecule has 1 saturated heterocycles. The Morgan fingerprint density at radius 2 is 1.88 bits per heavy atom. The van der Waals surface area contributed by atoms with Gasteiger partial charge in [0.2, 0.25) is 0 Å². The maximum absolute atomic E-state index is 10.3. The molecule has 1 unspecified atom stereocenters. The Morgan fingerprint density at radius 3 is 2.64 bits per heavy atom. The molecular formula is C21H29NO3. The minimum atomic E-state index is -0.463. The average Bonchev–Trinajstić information content (AvgIpc) is 2.65. The van der Waals surface area contributed by atoms with Crippen molar-refractivity contribution in [2.24, 2.45) is 5.92 Å². The van der Waals surface area contributed by atoms with E-state index in [2.05, 4.69) is 23.1 Å². The predicted molar refractivity (Wildman–Crippen MR) is 101 cm³/mol. The maximum atomic E-state index is 10.3. The summed E-state index contributed by atoms with van der Waals surface area (Å²) in [7, 11) is 0. The first-order valence-electron chi connectivity index (χ1n) is 9.34. The van der Waals surface area contributed by atoms with Gasteiger partial charge >= 0.3 is 0 Å². The van der Waals surface area contributed by atoms with E-state index < -0.39 is 6.10 Å². The number of β-amino-alcohol motifs (C(OH)–C–C–N with tert-alkyl or cyclic N) is 1. The van der Waals surface area contributed by atoms with Crippen molar-refractivity contribution in [2.75, 3.05) is 39.5 Å². The molecule has 1 N–H and O–H groups in total. The van der Waals surface area contributed by atoms with Crippen LogP contribution in [-0.2, 0) is 4.74 Å². The highest BCUT2D eigenvalue weighted by Crippen LogP contribution is 2.21. The lowest BCUT2D eigenvalue weighted by Crippen LogP contribution is -2.41. The zero-order valence-electron chi connectivity index (χ0n) is 15.1. The third-order valence-corrected chi connectivity index (χ3v) is 4.90. The molecule has 0 aromatic heterocycles. The van der Waals surface area contributed by atoms with Gasteiger partial charge in [0.05, 0.1) is 0 Å². The summed E-state index contributed by atoms with van der Waals surface area (Å²) in [5.74, 6) is 1.48. The number of aliphatic hydroxyl groups excluding tert-OH is 1.